The normalized spacial score (nSPS) is 11.7. The average molecular weight is 367 g/mol. The first-order valence-electron chi connectivity index (χ1n) is 7.94. The van der Waals surface area contributed by atoms with Gasteiger partial charge in [0.2, 0.25) is 0 Å². The number of amides is 1. The smallest absolute Gasteiger partial charge is 0.331 e. The van der Waals surface area contributed by atoms with Crippen LogP contribution in [0.5, 0.6) is 0 Å². The van der Waals surface area contributed by atoms with Crippen molar-refractivity contribution in [2.45, 2.75) is 12.5 Å². The molecule has 1 amide bonds. The Morgan fingerprint density at radius 1 is 1.19 bits per heavy atom. The fourth-order valence-electron chi connectivity index (χ4n) is 2.63. The van der Waals surface area contributed by atoms with Gasteiger partial charge in [-0.15, -0.1) is 11.3 Å². The summed E-state index contributed by atoms with van der Waals surface area (Å²) in [6.07, 6.45) is 3.64. The standard InChI is InChI=1S/C19H17N3O3S/c1-22(17(19(24)25)14-8-5-9-20-11-14)18(23)15-12-26-16(21-15)10-13-6-3-2-4-7-13/h2-9,11-12,17H,10H2,1H3,(H,24,25)/t17-/m0/s1. The van der Waals surface area contributed by atoms with Crippen LogP contribution < -0.4 is 0 Å². The monoisotopic (exact) mass is 367 g/mol. The molecule has 1 N–H and O–H groups in total. The molecule has 3 aromatic rings. The van der Waals surface area contributed by atoms with Gasteiger partial charge in [0.05, 0.1) is 5.01 Å². The van der Waals surface area contributed by atoms with Gasteiger partial charge in [-0.3, -0.25) is 9.78 Å². The number of rotatable bonds is 6. The SMILES string of the molecule is CN(C(=O)c1csc(Cc2ccccc2)n1)[C@H](C(=O)O)c1cccnc1. The van der Waals surface area contributed by atoms with Gasteiger partial charge >= 0.3 is 5.97 Å². The quantitative estimate of drug-likeness (QED) is 0.724. The van der Waals surface area contributed by atoms with Crippen LogP contribution in [0.25, 0.3) is 0 Å². The molecule has 0 aliphatic rings. The fourth-order valence-corrected chi connectivity index (χ4v) is 3.43. The first-order valence-corrected chi connectivity index (χ1v) is 8.82. The number of carboxylic acids is 1. The van der Waals surface area contributed by atoms with Gasteiger partial charge in [0.25, 0.3) is 5.91 Å². The first kappa shape index (κ1) is 17.8. The minimum Gasteiger partial charge on any atom is -0.479 e. The minimum atomic E-state index is -1.12. The zero-order valence-corrected chi connectivity index (χ0v) is 14.9. The minimum absolute atomic E-state index is 0.249. The van der Waals surface area contributed by atoms with Gasteiger partial charge in [0.1, 0.15) is 5.69 Å². The molecule has 0 spiro atoms. The Morgan fingerprint density at radius 2 is 1.96 bits per heavy atom. The molecule has 1 atom stereocenters. The van der Waals surface area contributed by atoms with E-state index in [1.165, 1.54) is 29.5 Å². The number of nitrogens with zero attached hydrogens (tertiary/aromatic N) is 3. The molecule has 0 aliphatic heterocycles. The van der Waals surface area contributed by atoms with E-state index in [1.807, 2.05) is 30.3 Å². The third kappa shape index (κ3) is 3.94. The molecular weight excluding hydrogens is 350 g/mol. The summed E-state index contributed by atoms with van der Waals surface area (Å²) < 4.78 is 0. The van der Waals surface area contributed by atoms with Crippen LogP contribution in [0.15, 0.2) is 60.2 Å². The summed E-state index contributed by atoms with van der Waals surface area (Å²) in [5.74, 6) is -1.55. The number of benzene rings is 1. The van der Waals surface area contributed by atoms with Crippen molar-refractivity contribution in [2.24, 2.45) is 0 Å². The topological polar surface area (TPSA) is 83.4 Å². The van der Waals surface area contributed by atoms with E-state index in [0.717, 1.165) is 10.6 Å². The van der Waals surface area contributed by atoms with Crippen molar-refractivity contribution < 1.29 is 14.7 Å². The van der Waals surface area contributed by atoms with Crippen molar-refractivity contribution in [3.8, 4) is 0 Å². The number of aromatic nitrogens is 2. The summed E-state index contributed by atoms with van der Waals surface area (Å²) in [6, 6.07) is 12.0. The molecule has 0 aliphatic carbocycles. The summed E-state index contributed by atoms with van der Waals surface area (Å²) in [7, 11) is 1.46. The lowest BCUT2D eigenvalue weighted by atomic mass is 10.1. The predicted molar refractivity (Wildman–Crippen MR) is 98.1 cm³/mol. The summed E-state index contributed by atoms with van der Waals surface area (Å²) in [6.45, 7) is 0. The van der Waals surface area contributed by atoms with Crippen LogP contribution in [-0.4, -0.2) is 38.9 Å². The van der Waals surface area contributed by atoms with Gasteiger partial charge in [-0.25, -0.2) is 9.78 Å². The molecule has 0 saturated heterocycles. The van der Waals surface area contributed by atoms with Gasteiger partial charge in [-0.1, -0.05) is 36.4 Å². The number of carbonyl (C=O) groups excluding carboxylic acids is 1. The maximum Gasteiger partial charge on any atom is 0.331 e. The van der Waals surface area contributed by atoms with Gasteiger partial charge in [0, 0.05) is 36.8 Å². The number of carboxylic acid groups (broad SMARTS) is 1. The molecule has 26 heavy (non-hydrogen) atoms. The van der Waals surface area contributed by atoms with Crippen molar-refractivity contribution in [2.75, 3.05) is 7.05 Å². The maximum atomic E-state index is 12.7. The first-order chi connectivity index (χ1) is 12.6. The van der Waals surface area contributed by atoms with Gasteiger partial charge in [0.15, 0.2) is 6.04 Å². The van der Waals surface area contributed by atoms with Crippen molar-refractivity contribution in [3.63, 3.8) is 0 Å². The number of likely N-dealkylation sites (N-methyl/N-ethyl adjacent to an activating group) is 1. The molecule has 132 valence electrons. The van der Waals surface area contributed by atoms with Crippen LogP contribution in [-0.2, 0) is 11.2 Å². The van der Waals surface area contributed by atoms with Crippen molar-refractivity contribution >= 4 is 23.2 Å². The van der Waals surface area contributed by atoms with Crippen LogP contribution in [0.2, 0.25) is 0 Å². The molecule has 0 saturated carbocycles. The van der Waals surface area contributed by atoms with E-state index in [4.69, 9.17) is 0 Å². The largest absolute Gasteiger partial charge is 0.479 e. The van der Waals surface area contributed by atoms with Crippen molar-refractivity contribution in [1.29, 1.82) is 0 Å². The highest BCUT2D eigenvalue weighted by Gasteiger charge is 2.30. The molecule has 0 bridgehead atoms. The molecule has 0 radical (unpaired) electrons. The second kappa shape index (κ2) is 7.88. The molecule has 2 heterocycles. The van der Waals surface area contributed by atoms with Gasteiger partial charge in [-0.2, -0.15) is 0 Å². The number of carbonyl (C=O) groups is 2. The third-order valence-corrected chi connectivity index (χ3v) is 4.76. The Kier molecular flexibility index (Phi) is 5.38. The highest BCUT2D eigenvalue weighted by Crippen LogP contribution is 2.22. The summed E-state index contributed by atoms with van der Waals surface area (Å²) in [5, 5.41) is 12.0. The average Bonchev–Trinajstić information content (AvgIpc) is 3.11. The number of hydrogen-bond acceptors (Lipinski definition) is 5. The maximum absolute atomic E-state index is 12.7. The molecule has 1 aromatic carbocycles. The lowest BCUT2D eigenvalue weighted by Crippen LogP contribution is -2.36. The molecular formula is C19H17N3O3S. The third-order valence-electron chi connectivity index (χ3n) is 3.91. The number of thiazole rings is 1. The molecule has 2 aromatic heterocycles. The van der Waals surface area contributed by atoms with Crippen LogP contribution in [0.1, 0.15) is 32.7 Å². The predicted octanol–water partition coefficient (Wildman–Crippen LogP) is 3.03. The zero-order chi connectivity index (χ0) is 18.5. The van der Waals surface area contributed by atoms with Crippen LogP contribution >= 0.6 is 11.3 Å². The Morgan fingerprint density at radius 3 is 2.62 bits per heavy atom. The lowest BCUT2D eigenvalue weighted by molar-refractivity contribution is -0.142. The van der Waals surface area contributed by atoms with E-state index in [9.17, 15) is 14.7 Å². The summed E-state index contributed by atoms with van der Waals surface area (Å²) in [5.41, 5.74) is 1.79. The number of aliphatic carboxylic acids is 1. The Bertz CT molecular complexity index is 897. The molecule has 7 heteroatoms. The van der Waals surface area contributed by atoms with Crippen LogP contribution in [0.3, 0.4) is 0 Å². The lowest BCUT2D eigenvalue weighted by Gasteiger charge is -2.24. The Balaban J connectivity index is 1.79. The van der Waals surface area contributed by atoms with Gasteiger partial charge < -0.3 is 10.0 Å². The summed E-state index contributed by atoms with van der Waals surface area (Å²) in [4.78, 5) is 33.9. The van der Waals surface area contributed by atoms with E-state index >= 15 is 0 Å². The molecule has 0 fully saturated rings. The van der Waals surface area contributed by atoms with Gasteiger partial charge in [-0.05, 0) is 11.6 Å². The Labute approximate surface area is 154 Å². The molecule has 0 unspecified atom stereocenters. The second-order valence-corrected chi connectivity index (χ2v) is 6.67. The van der Waals surface area contributed by atoms with Crippen LogP contribution in [0.4, 0.5) is 0 Å². The van der Waals surface area contributed by atoms with Crippen molar-refractivity contribution in [1.82, 2.24) is 14.9 Å². The molecule has 3 rings (SSSR count). The summed E-state index contributed by atoms with van der Waals surface area (Å²) >= 11 is 1.39. The fraction of sp³-hybridized carbons (Fsp3) is 0.158. The second-order valence-electron chi connectivity index (χ2n) is 5.73. The zero-order valence-electron chi connectivity index (χ0n) is 14.1. The highest BCUT2D eigenvalue weighted by molar-refractivity contribution is 7.09. The Hall–Kier alpha value is -3.06. The molecule has 6 nitrogen and oxygen atoms in total. The van der Waals surface area contributed by atoms with Crippen LogP contribution in [0, 0.1) is 0 Å². The van der Waals surface area contributed by atoms with E-state index in [1.54, 1.807) is 23.7 Å². The number of pyridine rings is 1. The van der Waals surface area contributed by atoms with E-state index < -0.39 is 17.9 Å². The van der Waals surface area contributed by atoms with E-state index in [-0.39, 0.29) is 5.69 Å². The van der Waals surface area contributed by atoms with Crippen molar-refractivity contribution in [3.05, 3.63) is 82.1 Å². The highest BCUT2D eigenvalue weighted by atomic mass is 32.1. The van der Waals surface area contributed by atoms with E-state index in [2.05, 4.69) is 9.97 Å². The number of hydrogen-bond donors (Lipinski definition) is 1. The van der Waals surface area contributed by atoms with E-state index in [0.29, 0.717) is 12.0 Å².